The van der Waals surface area contributed by atoms with Crippen molar-refractivity contribution in [1.29, 1.82) is 0 Å². The monoisotopic (exact) mass is 508 g/mol. The molecule has 39 heavy (non-hydrogen) atoms. The molecule has 0 bridgehead atoms. The number of furan rings is 1. The van der Waals surface area contributed by atoms with Crippen LogP contribution in [-0.2, 0) is 7.05 Å². The highest BCUT2D eigenvalue weighted by molar-refractivity contribution is 6.09. The number of ether oxygens (including phenoxy) is 1. The quantitative estimate of drug-likeness (QED) is 0.225. The van der Waals surface area contributed by atoms with E-state index < -0.39 is 0 Å². The van der Waals surface area contributed by atoms with Gasteiger partial charge in [-0.2, -0.15) is 5.10 Å². The van der Waals surface area contributed by atoms with Gasteiger partial charge in [-0.3, -0.25) is 9.58 Å². The normalized spacial score (nSPS) is 11.2. The van der Waals surface area contributed by atoms with Gasteiger partial charge in [0.2, 0.25) is 0 Å². The van der Waals surface area contributed by atoms with Gasteiger partial charge in [0.15, 0.2) is 0 Å². The molecular formula is C33H24N4O2. The number of aromatic nitrogens is 3. The summed E-state index contributed by atoms with van der Waals surface area (Å²) in [6, 6.07) is 38.2. The van der Waals surface area contributed by atoms with Crippen molar-refractivity contribution in [3.8, 4) is 22.8 Å². The van der Waals surface area contributed by atoms with Gasteiger partial charge >= 0.3 is 0 Å². The fourth-order valence-electron chi connectivity index (χ4n) is 4.90. The zero-order chi connectivity index (χ0) is 26.2. The predicted octanol–water partition coefficient (Wildman–Crippen LogP) is 8.64. The fraction of sp³-hybridized carbons (Fsp3) is 0.0303. The molecule has 0 atom stereocenters. The van der Waals surface area contributed by atoms with Crippen molar-refractivity contribution in [1.82, 2.24) is 14.8 Å². The molecule has 188 valence electrons. The number of anilines is 3. The lowest BCUT2D eigenvalue weighted by Gasteiger charge is -2.24. The lowest BCUT2D eigenvalue weighted by molar-refractivity contribution is 0.488. The SMILES string of the molecule is Cn1ccc(-c2cc(Oc3cccc(N(c4ccccc4)c4ccccn4)c3)c3c(c2)oc2ccccc23)n1. The number of para-hydroxylation sites is 2. The lowest BCUT2D eigenvalue weighted by Crippen LogP contribution is -2.11. The topological polar surface area (TPSA) is 56.3 Å². The van der Waals surface area contributed by atoms with Crippen molar-refractivity contribution in [2.75, 3.05) is 4.90 Å². The Kier molecular flexibility index (Phi) is 5.56. The minimum Gasteiger partial charge on any atom is -0.456 e. The maximum atomic E-state index is 6.65. The van der Waals surface area contributed by atoms with Crippen molar-refractivity contribution >= 4 is 39.1 Å². The van der Waals surface area contributed by atoms with Crippen LogP contribution < -0.4 is 9.64 Å². The molecular weight excluding hydrogens is 484 g/mol. The van der Waals surface area contributed by atoms with E-state index >= 15 is 0 Å². The summed E-state index contributed by atoms with van der Waals surface area (Å²) in [6.07, 6.45) is 3.73. The van der Waals surface area contributed by atoms with E-state index in [1.54, 1.807) is 10.9 Å². The van der Waals surface area contributed by atoms with Crippen molar-refractivity contribution in [2.45, 2.75) is 0 Å². The minimum atomic E-state index is 0.703. The van der Waals surface area contributed by atoms with Crippen molar-refractivity contribution in [3.63, 3.8) is 0 Å². The van der Waals surface area contributed by atoms with E-state index in [9.17, 15) is 0 Å². The minimum absolute atomic E-state index is 0.703. The maximum Gasteiger partial charge on any atom is 0.139 e. The maximum absolute atomic E-state index is 6.65. The molecule has 7 rings (SSSR count). The molecule has 6 nitrogen and oxygen atoms in total. The molecule has 3 aromatic heterocycles. The zero-order valence-corrected chi connectivity index (χ0v) is 21.2. The molecule has 0 N–H and O–H groups in total. The Labute approximate surface area is 225 Å². The Hall–Kier alpha value is -5.36. The van der Waals surface area contributed by atoms with Crippen LogP contribution in [0, 0.1) is 0 Å². The summed E-state index contributed by atoms with van der Waals surface area (Å²) in [4.78, 5) is 6.74. The molecule has 0 radical (unpaired) electrons. The van der Waals surface area contributed by atoms with Crippen LogP contribution in [0.25, 0.3) is 33.2 Å². The third-order valence-electron chi connectivity index (χ3n) is 6.65. The van der Waals surface area contributed by atoms with Gasteiger partial charge in [-0.15, -0.1) is 0 Å². The summed E-state index contributed by atoms with van der Waals surface area (Å²) in [5.74, 6) is 2.23. The number of benzene rings is 4. The first kappa shape index (κ1) is 22.8. The third-order valence-corrected chi connectivity index (χ3v) is 6.65. The van der Waals surface area contributed by atoms with Crippen LogP contribution >= 0.6 is 0 Å². The molecule has 4 aromatic carbocycles. The van der Waals surface area contributed by atoms with Crippen LogP contribution in [0.3, 0.4) is 0 Å². The Bertz CT molecular complexity index is 1870. The second kappa shape index (κ2) is 9.50. The number of fused-ring (bicyclic) bond motifs is 3. The second-order valence-corrected chi connectivity index (χ2v) is 9.28. The molecule has 0 amide bonds. The molecule has 7 aromatic rings. The summed E-state index contributed by atoms with van der Waals surface area (Å²) >= 11 is 0. The van der Waals surface area contributed by atoms with Gasteiger partial charge in [0.25, 0.3) is 0 Å². The molecule has 0 aliphatic heterocycles. The third kappa shape index (κ3) is 4.28. The molecule has 6 heteroatoms. The van der Waals surface area contributed by atoms with E-state index in [-0.39, 0.29) is 0 Å². The van der Waals surface area contributed by atoms with Crippen LogP contribution in [0.5, 0.6) is 11.5 Å². The average Bonchev–Trinajstić information content (AvgIpc) is 3.58. The van der Waals surface area contributed by atoms with Crippen molar-refractivity contribution in [2.24, 2.45) is 7.05 Å². The Morgan fingerprint density at radius 1 is 0.744 bits per heavy atom. The highest BCUT2D eigenvalue weighted by Gasteiger charge is 2.18. The van der Waals surface area contributed by atoms with Gasteiger partial charge in [0.1, 0.15) is 28.5 Å². The lowest BCUT2D eigenvalue weighted by atomic mass is 10.1. The van der Waals surface area contributed by atoms with Gasteiger partial charge < -0.3 is 9.15 Å². The van der Waals surface area contributed by atoms with E-state index in [0.717, 1.165) is 50.4 Å². The summed E-state index contributed by atoms with van der Waals surface area (Å²) in [5, 5.41) is 6.54. The predicted molar refractivity (Wildman–Crippen MR) is 155 cm³/mol. The molecule has 0 unspecified atom stereocenters. The zero-order valence-electron chi connectivity index (χ0n) is 21.2. The van der Waals surface area contributed by atoms with Crippen LogP contribution in [-0.4, -0.2) is 14.8 Å². The molecule has 0 spiro atoms. The van der Waals surface area contributed by atoms with Crippen LogP contribution in [0.1, 0.15) is 0 Å². The fourth-order valence-corrected chi connectivity index (χ4v) is 4.90. The smallest absolute Gasteiger partial charge is 0.139 e. The highest BCUT2D eigenvalue weighted by Crippen LogP contribution is 2.42. The number of hydrogen-bond donors (Lipinski definition) is 0. The largest absolute Gasteiger partial charge is 0.456 e. The molecule has 3 heterocycles. The van der Waals surface area contributed by atoms with E-state index in [0.29, 0.717) is 11.5 Å². The van der Waals surface area contributed by atoms with Gasteiger partial charge in [-0.1, -0.05) is 48.5 Å². The summed E-state index contributed by atoms with van der Waals surface area (Å²) < 4.78 is 14.7. The standard InChI is InChI=1S/C33H24N4O2/c1-36-19-17-28(35-36)23-20-30(33-27-14-5-6-15-29(27)39-31(33)21-23)38-26-13-9-12-25(22-26)37(24-10-3-2-4-11-24)32-16-7-8-18-34-32/h2-22H,1H3. The molecule has 0 aliphatic carbocycles. The van der Waals surface area contributed by atoms with Crippen LogP contribution in [0.4, 0.5) is 17.2 Å². The average molecular weight is 509 g/mol. The van der Waals surface area contributed by atoms with Gasteiger partial charge in [-0.25, -0.2) is 4.98 Å². The Morgan fingerprint density at radius 2 is 1.56 bits per heavy atom. The summed E-state index contributed by atoms with van der Waals surface area (Å²) in [6.45, 7) is 0. The van der Waals surface area contributed by atoms with E-state index in [1.165, 1.54) is 0 Å². The van der Waals surface area contributed by atoms with Crippen LogP contribution in [0.15, 0.2) is 132 Å². The molecule has 0 aliphatic rings. The Balaban J connectivity index is 1.36. The number of nitrogens with zero attached hydrogens (tertiary/aromatic N) is 4. The van der Waals surface area contributed by atoms with Crippen molar-refractivity contribution in [3.05, 3.63) is 128 Å². The van der Waals surface area contributed by atoms with Gasteiger partial charge in [-0.05, 0) is 60.7 Å². The number of pyridine rings is 1. The molecule has 0 fully saturated rings. The molecule has 0 saturated heterocycles. The van der Waals surface area contributed by atoms with Gasteiger partial charge in [0.05, 0.1) is 16.8 Å². The second-order valence-electron chi connectivity index (χ2n) is 9.28. The number of aryl methyl sites for hydroxylation is 1. The summed E-state index contributed by atoms with van der Waals surface area (Å²) in [5.41, 5.74) is 5.29. The van der Waals surface area contributed by atoms with Gasteiger partial charge in [0, 0.05) is 42.1 Å². The van der Waals surface area contributed by atoms with E-state index in [2.05, 4.69) is 39.2 Å². The number of rotatable bonds is 6. The highest BCUT2D eigenvalue weighted by atomic mass is 16.5. The van der Waals surface area contributed by atoms with E-state index in [1.807, 2.05) is 104 Å². The summed E-state index contributed by atoms with van der Waals surface area (Å²) in [7, 11) is 1.91. The first-order chi connectivity index (χ1) is 19.2. The first-order valence-corrected chi connectivity index (χ1v) is 12.7. The molecule has 0 saturated carbocycles. The first-order valence-electron chi connectivity index (χ1n) is 12.7. The number of hydrogen-bond acceptors (Lipinski definition) is 5. The van der Waals surface area contributed by atoms with E-state index in [4.69, 9.17) is 9.15 Å². The van der Waals surface area contributed by atoms with Crippen LogP contribution in [0.2, 0.25) is 0 Å². The van der Waals surface area contributed by atoms with Crippen molar-refractivity contribution < 1.29 is 9.15 Å². The Morgan fingerprint density at radius 3 is 2.38 bits per heavy atom.